The number of aromatic hydroxyl groups is 1. The van der Waals surface area contributed by atoms with Gasteiger partial charge in [0.25, 0.3) is 0 Å². The standard InChI is InChI=1S/C15H12N2O/c1-2-13-16-14-12(18)8-7-10-9-5-3-4-6-11(9)17(13)15(10)14/h3-8,18H,2H2,1H3. The third-order valence-corrected chi connectivity index (χ3v) is 3.60. The zero-order valence-corrected chi connectivity index (χ0v) is 10.0. The Morgan fingerprint density at radius 1 is 1.11 bits per heavy atom. The van der Waals surface area contributed by atoms with Crippen LogP contribution in [0.1, 0.15) is 12.7 Å². The smallest absolute Gasteiger partial charge is 0.143 e. The minimum atomic E-state index is 0.259. The summed E-state index contributed by atoms with van der Waals surface area (Å²) in [6.07, 6.45) is 0.849. The third-order valence-electron chi connectivity index (χ3n) is 3.60. The first-order valence-electron chi connectivity index (χ1n) is 6.14. The molecule has 18 heavy (non-hydrogen) atoms. The molecule has 0 aliphatic rings. The van der Waals surface area contributed by atoms with Gasteiger partial charge in [-0.15, -0.1) is 0 Å². The Morgan fingerprint density at radius 2 is 1.94 bits per heavy atom. The van der Waals surface area contributed by atoms with Gasteiger partial charge in [0.1, 0.15) is 17.1 Å². The van der Waals surface area contributed by atoms with Crippen LogP contribution in [-0.2, 0) is 6.42 Å². The quantitative estimate of drug-likeness (QED) is 0.550. The molecule has 0 saturated carbocycles. The van der Waals surface area contributed by atoms with E-state index < -0.39 is 0 Å². The maximum absolute atomic E-state index is 9.96. The predicted molar refractivity (Wildman–Crippen MR) is 72.4 cm³/mol. The van der Waals surface area contributed by atoms with Crippen molar-refractivity contribution < 1.29 is 5.11 Å². The van der Waals surface area contributed by atoms with Crippen LogP contribution in [0.4, 0.5) is 0 Å². The second kappa shape index (κ2) is 3.13. The van der Waals surface area contributed by atoms with Crippen LogP contribution in [-0.4, -0.2) is 14.5 Å². The molecular weight excluding hydrogens is 224 g/mol. The summed E-state index contributed by atoms with van der Waals surface area (Å²) in [5.41, 5.74) is 2.91. The first-order valence-corrected chi connectivity index (χ1v) is 6.14. The number of hydrogen-bond donors (Lipinski definition) is 1. The molecular formula is C15H12N2O. The van der Waals surface area contributed by atoms with E-state index in [1.807, 2.05) is 18.2 Å². The van der Waals surface area contributed by atoms with Gasteiger partial charge in [-0.25, -0.2) is 4.98 Å². The number of fused-ring (bicyclic) bond motifs is 3. The Kier molecular flexibility index (Phi) is 1.69. The highest BCUT2D eigenvalue weighted by Crippen LogP contribution is 2.36. The first kappa shape index (κ1) is 9.71. The SMILES string of the molecule is CCc1nc2c(O)ccc3c4ccccc4n1c23. The fraction of sp³-hybridized carbons (Fsp3) is 0.133. The molecule has 2 aromatic heterocycles. The van der Waals surface area contributed by atoms with Crippen LogP contribution in [0, 0.1) is 0 Å². The van der Waals surface area contributed by atoms with Gasteiger partial charge in [-0.1, -0.05) is 25.1 Å². The maximum Gasteiger partial charge on any atom is 0.143 e. The van der Waals surface area contributed by atoms with Gasteiger partial charge < -0.3 is 5.11 Å². The van der Waals surface area contributed by atoms with Crippen molar-refractivity contribution in [3.8, 4) is 5.75 Å². The number of rotatable bonds is 1. The lowest BCUT2D eigenvalue weighted by Crippen LogP contribution is -1.89. The number of benzene rings is 2. The first-order chi connectivity index (χ1) is 8.81. The van der Waals surface area contributed by atoms with Crippen molar-refractivity contribution in [3.05, 3.63) is 42.2 Å². The Balaban J connectivity index is 2.43. The topological polar surface area (TPSA) is 37.5 Å². The number of phenolic OH excluding ortho intramolecular Hbond substituents is 1. The van der Waals surface area contributed by atoms with Gasteiger partial charge in [0.15, 0.2) is 0 Å². The molecule has 0 fully saturated rings. The van der Waals surface area contributed by atoms with Crippen molar-refractivity contribution in [3.63, 3.8) is 0 Å². The molecule has 1 N–H and O–H groups in total. The normalized spacial score (nSPS) is 12.1. The molecule has 0 atom stereocenters. The van der Waals surface area contributed by atoms with E-state index in [0.717, 1.165) is 28.7 Å². The molecule has 2 aromatic carbocycles. The van der Waals surface area contributed by atoms with Crippen molar-refractivity contribution >= 4 is 27.3 Å². The van der Waals surface area contributed by atoms with Crippen LogP contribution in [0.5, 0.6) is 5.75 Å². The molecule has 0 unspecified atom stereocenters. The number of nitrogens with zero attached hydrogens (tertiary/aromatic N) is 2. The van der Waals surface area contributed by atoms with Crippen molar-refractivity contribution in [2.75, 3.05) is 0 Å². The van der Waals surface area contributed by atoms with Crippen LogP contribution in [0.25, 0.3) is 27.3 Å². The Labute approximate surface area is 104 Å². The zero-order valence-electron chi connectivity index (χ0n) is 10.0. The van der Waals surface area contributed by atoms with E-state index in [4.69, 9.17) is 0 Å². The minimum Gasteiger partial charge on any atom is -0.506 e. The molecule has 0 bridgehead atoms. The van der Waals surface area contributed by atoms with E-state index in [1.54, 1.807) is 6.07 Å². The van der Waals surface area contributed by atoms with E-state index >= 15 is 0 Å². The van der Waals surface area contributed by atoms with E-state index in [1.165, 1.54) is 5.39 Å². The zero-order chi connectivity index (χ0) is 12.3. The summed E-state index contributed by atoms with van der Waals surface area (Å²) >= 11 is 0. The molecule has 0 aliphatic carbocycles. The van der Waals surface area contributed by atoms with Crippen LogP contribution in [0.3, 0.4) is 0 Å². The lowest BCUT2D eigenvalue weighted by Gasteiger charge is -1.95. The highest BCUT2D eigenvalue weighted by molar-refractivity contribution is 6.14. The summed E-state index contributed by atoms with van der Waals surface area (Å²) in [7, 11) is 0. The van der Waals surface area contributed by atoms with Crippen molar-refractivity contribution in [2.45, 2.75) is 13.3 Å². The van der Waals surface area contributed by atoms with Gasteiger partial charge in [-0.3, -0.25) is 4.40 Å². The molecule has 0 radical (unpaired) electrons. The minimum absolute atomic E-state index is 0.259. The Bertz CT molecular complexity index is 876. The van der Waals surface area contributed by atoms with Crippen LogP contribution >= 0.6 is 0 Å². The van der Waals surface area contributed by atoms with Crippen LogP contribution in [0.15, 0.2) is 36.4 Å². The summed E-state index contributed by atoms with van der Waals surface area (Å²) in [5.74, 6) is 1.26. The average molecular weight is 236 g/mol. The summed E-state index contributed by atoms with van der Waals surface area (Å²) in [4.78, 5) is 4.55. The molecule has 0 spiro atoms. The summed E-state index contributed by atoms with van der Waals surface area (Å²) < 4.78 is 2.17. The van der Waals surface area contributed by atoms with Crippen molar-refractivity contribution in [1.82, 2.24) is 9.38 Å². The monoisotopic (exact) mass is 236 g/mol. The van der Waals surface area contributed by atoms with E-state index in [0.29, 0.717) is 5.52 Å². The highest BCUT2D eigenvalue weighted by Gasteiger charge is 2.18. The van der Waals surface area contributed by atoms with Crippen LogP contribution in [0.2, 0.25) is 0 Å². The Morgan fingerprint density at radius 3 is 2.78 bits per heavy atom. The molecule has 4 aromatic rings. The fourth-order valence-electron chi connectivity index (χ4n) is 2.82. The molecule has 3 nitrogen and oxygen atoms in total. The number of phenols is 1. The van der Waals surface area contributed by atoms with Gasteiger partial charge in [0.2, 0.25) is 0 Å². The molecule has 0 aliphatic heterocycles. The second-order valence-electron chi connectivity index (χ2n) is 4.56. The van der Waals surface area contributed by atoms with E-state index in [2.05, 4.69) is 28.4 Å². The second-order valence-corrected chi connectivity index (χ2v) is 4.56. The number of aromatic nitrogens is 2. The van der Waals surface area contributed by atoms with Gasteiger partial charge in [-0.2, -0.15) is 0 Å². The third kappa shape index (κ3) is 0.973. The lowest BCUT2D eigenvalue weighted by atomic mass is 10.1. The van der Waals surface area contributed by atoms with Gasteiger partial charge >= 0.3 is 0 Å². The van der Waals surface area contributed by atoms with Crippen molar-refractivity contribution in [2.24, 2.45) is 0 Å². The molecule has 3 heteroatoms. The van der Waals surface area contributed by atoms with E-state index in [9.17, 15) is 5.11 Å². The van der Waals surface area contributed by atoms with Gasteiger partial charge in [0.05, 0.1) is 11.0 Å². The number of imidazole rings is 1. The summed E-state index contributed by atoms with van der Waals surface area (Å²) in [6.45, 7) is 2.09. The predicted octanol–water partition coefficient (Wildman–Crippen LogP) is 3.35. The molecule has 0 saturated heterocycles. The molecule has 88 valence electrons. The van der Waals surface area contributed by atoms with Gasteiger partial charge in [-0.05, 0) is 18.2 Å². The summed E-state index contributed by atoms with van der Waals surface area (Å²) in [6, 6.07) is 12.0. The largest absolute Gasteiger partial charge is 0.506 e. The number of para-hydroxylation sites is 1. The summed E-state index contributed by atoms with van der Waals surface area (Å²) in [5, 5.41) is 12.3. The number of aryl methyl sites for hydroxylation is 1. The maximum atomic E-state index is 9.96. The molecule has 2 heterocycles. The Hall–Kier alpha value is -2.29. The number of hydrogen-bond acceptors (Lipinski definition) is 2. The van der Waals surface area contributed by atoms with Crippen molar-refractivity contribution in [1.29, 1.82) is 0 Å². The average Bonchev–Trinajstić information content (AvgIpc) is 2.93. The van der Waals surface area contributed by atoms with Gasteiger partial charge in [0, 0.05) is 17.2 Å². The molecule has 4 rings (SSSR count). The molecule has 0 amide bonds. The highest BCUT2D eigenvalue weighted by atomic mass is 16.3. The lowest BCUT2D eigenvalue weighted by molar-refractivity contribution is 0.480. The fourth-order valence-corrected chi connectivity index (χ4v) is 2.82. The van der Waals surface area contributed by atoms with Crippen LogP contribution < -0.4 is 0 Å². The van der Waals surface area contributed by atoms with E-state index in [-0.39, 0.29) is 5.75 Å².